The number of sulfonamides is 1. The fraction of sp³-hybridized carbons (Fsp3) is 0.385. The second-order valence-electron chi connectivity index (χ2n) is 4.12. The van der Waals surface area contributed by atoms with Crippen molar-refractivity contribution in [3.8, 4) is 6.19 Å². The Kier molecular flexibility index (Phi) is 6.68. The zero-order chi connectivity index (χ0) is 15.9. The molecule has 0 bridgehead atoms. The van der Waals surface area contributed by atoms with Gasteiger partial charge in [0.2, 0.25) is 10.0 Å². The monoisotopic (exact) mass is 327 g/mol. The summed E-state index contributed by atoms with van der Waals surface area (Å²) in [6.45, 7) is 1.86. The highest BCUT2D eigenvalue weighted by atomic mass is 32.2. The molecule has 0 saturated carbocycles. The van der Waals surface area contributed by atoms with E-state index in [9.17, 15) is 13.2 Å². The Hall–Kier alpha value is -1.56. The van der Waals surface area contributed by atoms with Crippen molar-refractivity contribution < 1.29 is 13.2 Å². The summed E-state index contributed by atoms with van der Waals surface area (Å²) < 4.78 is 26.9. The minimum atomic E-state index is -3.80. The standard InChI is InChI=1S/C13H17N3O3S2/c1-3-16(10-14)13(17)12(9-20-2)15-21(18,19)11-7-5-4-6-8-11/h4-8,12,15H,3,9H2,1-2H3. The van der Waals surface area contributed by atoms with Gasteiger partial charge in [0, 0.05) is 12.3 Å². The molecule has 114 valence electrons. The molecule has 0 heterocycles. The second kappa shape index (κ2) is 8.02. The third-order valence-electron chi connectivity index (χ3n) is 2.69. The summed E-state index contributed by atoms with van der Waals surface area (Å²) in [4.78, 5) is 13.2. The number of likely N-dealkylation sites (N-methyl/N-ethyl adjacent to an activating group) is 1. The third kappa shape index (κ3) is 4.74. The number of thioether (sulfide) groups is 1. The van der Waals surface area contributed by atoms with E-state index in [2.05, 4.69) is 4.72 Å². The lowest BCUT2D eigenvalue weighted by molar-refractivity contribution is -0.129. The van der Waals surface area contributed by atoms with Crippen molar-refractivity contribution in [1.82, 2.24) is 9.62 Å². The summed E-state index contributed by atoms with van der Waals surface area (Å²) in [5.74, 6) is -0.294. The Morgan fingerprint density at radius 1 is 1.43 bits per heavy atom. The van der Waals surface area contributed by atoms with Crippen LogP contribution in [0.15, 0.2) is 35.2 Å². The fourth-order valence-corrected chi connectivity index (χ4v) is 3.52. The van der Waals surface area contributed by atoms with Gasteiger partial charge < -0.3 is 0 Å². The van der Waals surface area contributed by atoms with Gasteiger partial charge in [0.25, 0.3) is 5.91 Å². The molecule has 0 fully saturated rings. The quantitative estimate of drug-likeness (QED) is 0.596. The van der Waals surface area contributed by atoms with E-state index in [0.717, 1.165) is 4.90 Å². The number of amides is 1. The summed E-state index contributed by atoms with van der Waals surface area (Å²) >= 11 is 1.33. The maximum Gasteiger partial charge on any atom is 0.254 e. The van der Waals surface area contributed by atoms with Crippen molar-refractivity contribution in [2.75, 3.05) is 18.6 Å². The Morgan fingerprint density at radius 2 is 2.05 bits per heavy atom. The molecule has 1 rings (SSSR count). The predicted molar refractivity (Wildman–Crippen MR) is 81.9 cm³/mol. The van der Waals surface area contributed by atoms with E-state index in [1.54, 1.807) is 37.6 Å². The van der Waals surface area contributed by atoms with E-state index in [0.29, 0.717) is 0 Å². The van der Waals surface area contributed by atoms with Crippen LogP contribution in [0.2, 0.25) is 0 Å². The molecule has 0 saturated heterocycles. The van der Waals surface area contributed by atoms with Crippen LogP contribution < -0.4 is 4.72 Å². The lowest BCUT2D eigenvalue weighted by atomic mass is 10.3. The van der Waals surface area contributed by atoms with Crippen LogP contribution in [0.3, 0.4) is 0 Å². The zero-order valence-electron chi connectivity index (χ0n) is 11.8. The first-order chi connectivity index (χ1) is 9.96. The smallest absolute Gasteiger partial charge is 0.254 e. The average Bonchev–Trinajstić information content (AvgIpc) is 2.48. The fourth-order valence-electron chi connectivity index (χ4n) is 1.64. The van der Waals surface area contributed by atoms with Gasteiger partial charge in [-0.15, -0.1) is 0 Å². The summed E-state index contributed by atoms with van der Waals surface area (Å²) in [6.07, 6.45) is 3.52. The number of nitriles is 1. The first-order valence-electron chi connectivity index (χ1n) is 6.23. The molecule has 1 atom stereocenters. The minimum absolute atomic E-state index is 0.0870. The highest BCUT2D eigenvalue weighted by Gasteiger charge is 2.28. The SMILES string of the molecule is CCN(C#N)C(=O)C(CSC)NS(=O)(=O)c1ccccc1. The Balaban J connectivity index is 2.99. The van der Waals surface area contributed by atoms with Crippen molar-refractivity contribution in [3.63, 3.8) is 0 Å². The molecule has 1 aromatic rings. The predicted octanol–water partition coefficient (Wildman–Crippen LogP) is 1.03. The van der Waals surface area contributed by atoms with Crippen LogP contribution in [-0.2, 0) is 14.8 Å². The molecule has 6 nitrogen and oxygen atoms in total. The lowest BCUT2D eigenvalue weighted by Crippen LogP contribution is -2.48. The van der Waals surface area contributed by atoms with Crippen LogP contribution in [0.1, 0.15) is 6.92 Å². The Labute approximate surface area is 129 Å². The summed E-state index contributed by atoms with van der Waals surface area (Å²) in [6, 6.07) is 6.85. The molecule has 0 aliphatic carbocycles. The highest BCUT2D eigenvalue weighted by molar-refractivity contribution is 7.98. The van der Waals surface area contributed by atoms with Crippen molar-refractivity contribution in [2.24, 2.45) is 0 Å². The molecule has 0 aromatic heterocycles. The number of nitrogens with zero attached hydrogens (tertiary/aromatic N) is 2. The molecule has 0 spiro atoms. The largest absolute Gasteiger partial charge is 0.272 e. The van der Waals surface area contributed by atoms with Gasteiger partial charge in [-0.3, -0.25) is 4.79 Å². The van der Waals surface area contributed by atoms with Gasteiger partial charge in [-0.05, 0) is 25.3 Å². The number of benzene rings is 1. The molecule has 0 aliphatic rings. The number of nitrogens with one attached hydrogen (secondary N) is 1. The number of hydrogen-bond acceptors (Lipinski definition) is 5. The van der Waals surface area contributed by atoms with E-state index < -0.39 is 22.0 Å². The van der Waals surface area contributed by atoms with Crippen molar-refractivity contribution in [3.05, 3.63) is 30.3 Å². The molecule has 1 aromatic carbocycles. The number of hydrogen-bond donors (Lipinski definition) is 1. The van der Waals surface area contributed by atoms with Crippen LogP contribution in [0.25, 0.3) is 0 Å². The number of carbonyl (C=O) groups is 1. The third-order valence-corrected chi connectivity index (χ3v) is 4.84. The molecule has 0 aliphatic heterocycles. The van der Waals surface area contributed by atoms with Crippen molar-refractivity contribution in [1.29, 1.82) is 5.26 Å². The van der Waals surface area contributed by atoms with E-state index in [-0.39, 0.29) is 17.2 Å². The highest BCUT2D eigenvalue weighted by Crippen LogP contribution is 2.11. The van der Waals surface area contributed by atoms with Gasteiger partial charge in [-0.2, -0.15) is 21.7 Å². The van der Waals surface area contributed by atoms with E-state index in [4.69, 9.17) is 5.26 Å². The van der Waals surface area contributed by atoms with Gasteiger partial charge in [0.1, 0.15) is 6.04 Å². The van der Waals surface area contributed by atoms with Crippen LogP contribution in [-0.4, -0.2) is 43.8 Å². The first-order valence-corrected chi connectivity index (χ1v) is 9.11. The van der Waals surface area contributed by atoms with E-state index in [1.807, 2.05) is 0 Å². The summed E-state index contributed by atoms with van der Waals surface area (Å²) in [5.41, 5.74) is 0. The van der Waals surface area contributed by atoms with Gasteiger partial charge in [-0.25, -0.2) is 13.3 Å². The van der Waals surface area contributed by atoms with Gasteiger partial charge in [-0.1, -0.05) is 18.2 Å². The molecule has 21 heavy (non-hydrogen) atoms. The van der Waals surface area contributed by atoms with E-state index >= 15 is 0 Å². The number of rotatable bonds is 7. The molecular weight excluding hydrogens is 310 g/mol. The van der Waals surface area contributed by atoms with Crippen LogP contribution in [0.4, 0.5) is 0 Å². The Bertz CT molecular complexity index is 611. The zero-order valence-corrected chi connectivity index (χ0v) is 13.4. The van der Waals surface area contributed by atoms with Crippen molar-refractivity contribution >= 4 is 27.7 Å². The first kappa shape index (κ1) is 17.5. The van der Waals surface area contributed by atoms with Gasteiger partial charge >= 0.3 is 0 Å². The minimum Gasteiger partial charge on any atom is -0.272 e. The Morgan fingerprint density at radius 3 is 2.52 bits per heavy atom. The molecule has 1 amide bonds. The maximum atomic E-state index is 12.2. The molecule has 1 N–H and O–H groups in total. The number of carbonyl (C=O) groups excluding carboxylic acids is 1. The lowest BCUT2D eigenvalue weighted by Gasteiger charge is -2.20. The van der Waals surface area contributed by atoms with E-state index in [1.165, 1.54) is 23.9 Å². The molecule has 0 radical (unpaired) electrons. The topological polar surface area (TPSA) is 90.3 Å². The van der Waals surface area contributed by atoms with Gasteiger partial charge in [0.05, 0.1) is 4.90 Å². The van der Waals surface area contributed by atoms with Crippen LogP contribution in [0, 0.1) is 11.5 Å². The summed E-state index contributed by atoms with van der Waals surface area (Å²) in [7, 11) is -3.80. The molecule has 1 unspecified atom stereocenters. The van der Waals surface area contributed by atoms with Gasteiger partial charge in [0.15, 0.2) is 6.19 Å². The average molecular weight is 327 g/mol. The molecular formula is C13H17N3O3S2. The second-order valence-corrected chi connectivity index (χ2v) is 6.75. The normalized spacial score (nSPS) is 12.4. The van der Waals surface area contributed by atoms with Crippen molar-refractivity contribution in [2.45, 2.75) is 17.9 Å². The van der Waals surface area contributed by atoms with Crippen LogP contribution >= 0.6 is 11.8 Å². The summed E-state index contributed by atoms with van der Waals surface area (Å²) in [5, 5.41) is 8.90. The van der Waals surface area contributed by atoms with Crippen LogP contribution in [0.5, 0.6) is 0 Å². The maximum absolute atomic E-state index is 12.2. The molecule has 8 heteroatoms.